The van der Waals surface area contributed by atoms with E-state index >= 15 is 4.39 Å². The smallest absolute Gasteiger partial charge is 0.337 e. The molecule has 0 saturated carbocycles. The highest BCUT2D eigenvalue weighted by Gasteiger charge is 2.34. The van der Waals surface area contributed by atoms with E-state index in [0.29, 0.717) is 34.0 Å². The van der Waals surface area contributed by atoms with Gasteiger partial charge in [-0.2, -0.15) is 0 Å². The molecule has 0 aliphatic carbocycles. The monoisotopic (exact) mass is 473 g/mol. The first-order valence-corrected chi connectivity index (χ1v) is 11.7. The molecule has 2 heterocycles. The van der Waals surface area contributed by atoms with E-state index in [-0.39, 0.29) is 5.56 Å². The topological polar surface area (TPSA) is 68.7 Å². The van der Waals surface area contributed by atoms with Crippen molar-refractivity contribution in [1.82, 2.24) is 4.98 Å². The molecule has 0 bridgehead atoms. The van der Waals surface area contributed by atoms with E-state index in [0.717, 1.165) is 34.2 Å². The molecule has 0 fully saturated rings. The molecule has 5 nitrogen and oxygen atoms in total. The zero-order chi connectivity index (χ0) is 25.1. The fraction of sp³-hybridized carbons (Fsp3) is 0.310. The van der Waals surface area contributed by atoms with Gasteiger partial charge in [0.2, 0.25) is 0 Å². The van der Waals surface area contributed by atoms with Crippen LogP contribution in [-0.2, 0) is 16.0 Å². The molecule has 1 N–H and O–H groups in total. The Bertz CT molecular complexity index is 1490. The standard InChI is InChI=1S/C29H28FNO4/c1-15-6-7-18-20(14-15)25(30)16(2)22(27(28(32)33)35-29(3,4)5)24(18)19-8-9-21-23-17(11-13-34-21)10-12-31-26(19)23/h6-10,12,14,27H,11,13H2,1-5H3,(H,32,33)/t27-/m0/s1. The van der Waals surface area contributed by atoms with E-state index in [1.54, 1.807) is 40.0 Å². The van der Waals surface area contributed by atoms with E-state index < -0.39 is 23.5 Å². The summed E-state index contributed by atoms with van der Waals surface area (Å²) in [5, 5.41) is 12.2. The minimum atomic E-state index is -1.37. The summed E-state index contributed by atoms with van der Waals surface area (Å²) in [6, 6.07) is 11.3. The van der Waals surface area contributed by atoms with Gasteiger partial charge in [0.05, 0.1) is 17.7 Å². The summed E-state index contributed by atoms with van der Waals surface area (Å²) in [6.45, 7) is 9.50. The number of fused-ring (bicyclic) bond motifs is 1. The van der Waals surface area contributed by atoms with E-state index in [1.807, 2.05) is 37.3 Å². The third-order valence-electron chi connectivity index (χ3n) is 6.48. The second kappa shape index (κ2) is 8.31. The Morgan fingerprint density at radius 3 is 2.63 bits per heavy atom. The van der Waals surface area contributed by atoms with Crippen molar-refractivity contribution in [2.75, 3.05) is 6.61 Å². The van der Waals surface area contributed by atoms with Crippen molar-refractivity contribution in [3.63, 3.8) is 0 Å². The van der Waals surface area contributed by atoms with Gasteiger partial charge in [-0.3, -0.25) is 4.98 Å². The van der Waals surface area contributed by atoms with Crippen LogP contribution < -0.4 is 4.74 Å². The summed E-state index contributed by atoms with van der Waals surface area (Å²) in [7, 11) is 0. The van der Waals surface area contributed by atoms with Crippen LogP contribution in [0.4, 0.5) is 4.39 Å². The Morgan fingerprint density at radius 1 is 1.14 bits per heavy atom. The predicted molar refractivity (Wildman–Crippen MR) is 135 cm³/mol. The Morgan fingerprint density at radius 2 is 1.91 bits per heavy atom. The first-order valence-electron chi connectivity index (χ1n) is 11.7. The van der Waals surface area contributed by atoms with Crippen molar-refractivity contribution in [2.45, 2.75) is 52.7 Å². The Balaban J connectivity index is 1.95. The molecule has 35 heavy (non-hydrogen) atoms. The molecule has 1 aliphatic rings. The molecule has 1 aliphatic heterocycles. The molecule has 0 spiro atoms. The minimum absolute atomic E-state index is 0.256. The van der Waals surface area contributed by atoms with Crippen LogP contribution in [0.25, 0.3) is 32.8 Å². The van der Waals surface area contributed by atoms with Crippen molar-refractivity contribution >= 4 is 27.6 Å². The van der Waals surface area contributed by atoms with Gasteiger partial charge in [0, 0.05) is 34.5 Å². The number of pyridine rings is 1. The maximum Gasteiger partial charge on any atom is 0.337 e. The van der Waals surface area contributed by atoms with Gasteiger partial charge >= 0.3 is 5.97 Å². The fourth-order valence-electron chi connectivity index (χ4n) is 5.02. The molecule has 1 atom stereocenters. The average molecular weight is 474 g/mol. The largest absolute Gasteiger partial charge is 0.493 e. The van der Waals surface area contributed by atoms with Crippen LogP contribution in [0.3, 0.4) is 0 Å². The summed E-state index contributed by atoms with van der Waals surface area (Å²) in [6.07, 6.45) is 1.15. The summed E-state index contributed by atoms with van der Waals surface area (Å²) >= 11 is 0. The molecule has 0 amide bonds. The number of aromatic nitrogens is 1. The maximum absolute atomic E-state index is 15.8. The van der Waals surface area contributed by atoms with Gasteiger partial charge in [-0.05, 0) is 81.0 Å². The molecule has 0 radical (unpaired) electrons. The Kier molecular flexibility index (Phi) is 5.52. The van der Waals surface area contributed by atoms with E-state index in [1.165, 1.54) is 0 Å². The lowest BCUT2D eigenvalue weighted by Crippen LogP contribution is -2.28. The van der Waals surface area contributed by atoms with Gasteiger partial charge in [-0.15, -0.1) is 0 Å². The van der Waals surface area contributed by atoms with Crippen LogP contribution in [0, 0.1) is 19.7 Å². The SMILES string of the molecule is Cc1ccc2c(-c3ccc4c5c(ccnc35)CCO4)c([C@H](OC(C)(C)C)C(=O)O)c(C)c(F)c2c1. The molecule has 6 heteroatoms. The highest BCUT2D eigenvalue weighted by atomic mass is 19.1. The number of halogens is 1. The second-order valence-electron chi connectivity index (χ2n) is 10.1. The predicted octanol–water partition coefficient (Wildman–Crippen LogP) is 6.69. The number of hydrogen-bond acceptors (Lipinski definition) is 4. The summed E-state index contributed by atoms with van der Waals surface area (Å²) < 4.78 is 27.7. The highest BCUT2D eigenvalue weighted by molar-refractivity contribution is 6.09. The Labute approximate surface area is 203 Å². The third kappa shape index (κ3) is 3.92. The lowest BCUT2D eigenvalue weighted by Gasteiger charge is -2.29. The number of aliphatic carboxylic acids is 1. The quantitative estimate of drug-likeness (QED) is 0.358. The first-order chi connectivity index (χ1) is 16.6. The van der Waals surface area contributed by atoms with Crippen LogP contribution in [-0.4, -0.2) is 28.3 Å². The van der Waals surface area contributed by atoms with Crippen LogP contribution in [0.15, 0.2) is 42.6 Å². The minimum Gasteiger partial charge on any atom is -0.493 e. The first kappa shape index (κ1) is 23.2. The number of rotatable bonds is 4. The number of carboxylic acid groups (broad SMARTS) is 1. The summed E-state index contributed by atoms with van der Waals surface area (Å²) in [5.41, 5.74) is 3.89. The average Bonchev–Trinajstić information content (AvgIpc) is 2.80. The van der Waals surface area contributed by atoms with Crippen LogP contribution >= 0.6 is 0 Å². The number of nitrogens with zero attached hydrogens (tertiary/aromatic N) is 1. The van der Waals surface area contributed by atoms with Crippen LogP contribution in [0.5, 0.6) is 5.75 Å². The summed E-state index contributed by atoms with van der Waals surface area (Å²) in [4.78, 5) is 17.3. The fourth-order valence-corrected chi connectivity index (χ4v) is 5.02. The zero-order valence-corrected chi connectivity index (χ0v) is 20.5. The Hall–Kier alpha value is -3.51. The number of hydrogen-bond donors (Lipinski definition) is 1. The van der Waals surface area contributed by atoms with Gasteiger partial charge in [-0.1, -0.05) is 17.7 Å². The van der Waals surface area contributed by atoms with E-state index in [9.17, 15) is 9.90 Å². The molecule has 180 valence electrons. The van der Waals surface area contributed by atoms with Crippen molar-refractivity contribution < 1.29 is 23.8 Å². The number of ether oxygens (including phenoxy) is 2. The van der Waals surface area contributed by atoms with Crippen LogP contribution in [0.1, 0.15) is 49.1 Å². The second-order valence-corrected chi connectivity index (χ2v) is 10.1. The molecule has 4 aromatic rings. The molecule has 0 saturated heterocycles. The van der Waals surface area contributed by atoms with Gasteiger partial charge in [0.1, 0.15) is 11.6 Å². The molecule has 5 rings (SSSR count). The van der Waals surface area contributed by atoms with Crippen LogP contribution in [0.2, 0.25) is 0 Å². The van der Waals surface area contributed by atoms with Gasteiger partial charge in [-0.25, -0.2) is 9.18 Å². The molecular formula is C29H28FNO4. The van der Waals surface area contributed by atoms with E-state index in [2.05, 4.69) is 0 Å². The number of aryl methyl sites for hydroxylation is 1. The molecular weight excluding hydrogens is 445 g/mol. The zero-order valence-electron chi connectivity index (χ0n) is 20.5. The van der Waals surface area contributed by atoms with E-state index in [4.69, 9.17) is 14.5 Å². The number of benzene rings is 3. The number of carboxylic acids is 1. The number of carbonyl (C=O) groups is 1. The highest BCUT2D eigenvalue weighted by Crippen LogP contribution is 2.46. The van der Waals surface area contributed by atoms with Gasteiger partial charge in [0.25, 0.3) is 0 Å². The van der Waals surface area contributed by atoms with Crippen molar-refractivity contribution in [1.29, 1.82) is 0 Å². The molecule has 0 unspecified atom stereocenters. The lowest BCUT2D eigenvalue weighted by molar-refractivity contribution is -0.160. The molecule has 3 aromatic carbocycles. The van der Waals surface area contributed by atoms with Crippen molar-refractivity contribution in [3.8, 4) is 16.9 Å². The normalized spacial score (nSPS) is 14.2. The maximum atomic E-state index is 15.8. The van der Waals surface area contributed by atoms with Gasteiger partial charge in [0.15, 0.2) is 6.10 Å². The van der Waals surface area contributed by atoms with Crippen molar-refractivity contribution in [2.24, 2.45) is 0 Å². The third-order valence-corrected chi connectivity index (χ3v) is 6.48. The molecule has 1 aromatic heterocycles. The van der Waals surface area contributed by atoms with Crippen molar-refractivity contribution in [3.05, 3.63) is 70.7 Å². The summed E-state index contributed by atoms with van der Waals surface area (Å²) in [5.74, 6) is -0.862. The lowest BCUT2D eigenvalue weighted by atomic mass is 9.85. The van der Waals surface area contributed by atoms with Gasteiger partial charge < -0.3 is 14.6 Å².